The van der Waals surface area contributed by atoms with E-state index in [1.165, 1.54) is 0 Å². The minimum absolute atomic E-state index is 0.306. The van der Waals surface area contributed by atoms with Gasteiger partial charge in [0.1, 0.15) is 5.82 Å². The van der Waals surface area contributed by atoms with Crippen molar-refractivity contribution in [3.63, 3.8) is 0 Å². The Kier molecular flexibility index (Phi) is 6.47. The van der Waals surface area contributed by atoms with Crippen LogP contribution < -0.4 is 0 Å². The molecular weight excluding hydrogens is 362 g/mol. The third-order valence-corrected chi connectivity index (χ3v) is 5.13. The fraction of sp³-hybridized carbons (Fsp3) is 0.375. The molecule has 0 spiro atoms. The average Bonchev–Trinajstić information content (AvgIpc) is 3.09. The number of aromatic carboxylic acids is 1. The van der Waals surface area contributed by atoms with Gasteiger partial charge >= 0.3 is 5.97 Å². The number of benzene rings is 2. The number of carbonyl (C=O) groups is 1. The van der Waals surface area contributed by atoms with Crippen LogP contribution in [0.4, 0.5) is 0 Å². The summed E-state index contributed by atoms with van der Waals surface area (Å²) >= 11 is 0. The van der Waals surface area contributed by atoms with E-state index in [2.05, 4.69) is 32.4 Å². The van der Waals surface area contributed by atoms with Gasteiger partial charge in [-0.05, 0) is 42.0 Å². The molecule has 0 saturated heterocycles. The minimum Gasteiger partial charge on any atom is -0.478 e. The molecule has 1 aromatic heterocycles. The van der Waals surface area contributed by atoms with Gasteiger partial charge in [-0.15, -0.1) is 0 Å². The van der Waals surface area contributed by atoms with Crippen LogP contribution in [-0.4, -0.2) is 25.8 Å². The van der Waals surface area contributed by atoms with E-state index in [9.17, 15) is 9.90 Å². The van der Waals surface area contributed by atoms with Crippen LogP contribution in [0.2, 0.25) is 0 Å². The number of carboxylic acid groups (broad SMARTS) is 1. The van der Waals surface area contributed by atoms with Crippen LogP contribution in [0.3, 0.4) is 0 Å². The lowest BCUT2D eigenvalue weighted by Gasteiger charge is -2.12. The average molecular weight is 392 g/mol. The summed E-state index contributed by atoms with van der Waals surface area (Å²) in [6, 6.07) is 15.5. The highest BCUT2D eigenvalue weighted by molar-refractivity contribution is 5.95. The summed E-state index contributed by atoms with van der Waals surface area (Å²) in [6.07, 6.45) is 2.58. The Bertz CT molecular complexity index is 974. The second-order valence-corrected chi connectivity index (χ2v) is 7.97. The molecule has 5 nitrogen and oxygen atoms in total. The summed E-state index contributed by atoms with van der Waals surface area (Å²) in [5.74, 6) is 1.49. The van der Waals surface area contributed by atoms with Crippen molar-refractivity contribution >= 4 is 5.97 Å². The largest absolute Gasteiger partial charge is 0.478 e. The maximum atomic E-state index is 11.5. The van der Waals surface area contributed by atoms with Gasteiger partial charge in [0, 0.05) is 12.8 Å². The lowest BCUT2D eigenvalue weighted by molar-refractivity contribution is 0.0697. The quantitative estimate of drug-likeness (QED) is 0.558. The lowest BCUT2D eigenvalue weighted by Crippen LogP contribution is -2.11. The van der Waals surface area contributed by atoms with E-state index < -0.39 is 5.97 Å². The summed E-state index contributed by atoms with van der Waals surface area (Å²) in [5.41, 5.74) is 3.08. The molecule has 0 aliphatic heterocycles. The predicted molar refractivity (Wildman–Crippen MR) is 115 cm³/mol. The van der Waals surface area contributed by atoms with Crippen molar-refractivity contribution in [2.45, 2.75) is 53.0 Å². The molecule has 0 amide bonds. The van der Waals surface area contributed by atoms with Gasteiger partial charge in [0.05, 0.1) is 11.6 Å². The standard InChI is InChI=1S/C24H29N3O2/c1-5-17(4)27-23(25-22(26-27)14-16(2)3)15-18-10-12-19(13-11-18)20-8-6-7-9-21(20)24(28)29/h6-13,16-17H,5,14-15H2,1-4H3,(H,28,29). The second kappa shape index (κ2) is 9.03. The Morgan fingerprint density at radius 2 is 1.76 bits per heavy atom. The molecule has 29 heavy (non-hydrogen) atoms. The summed E-state index contributed by atoms with van der Waals surface area (Å²) in [7, 11) is 0. The van der Waals surface area contributed by atoms with Crippen molar-refractivity contribution in [2.24, 2.45) is 5.92 Å². The molecule has 2 aromatic carbocycles. The van der Waals surface area contributed by atoms with Gasteiger partial charge < -0.3 is 5.11 Å². The van der Waals surface area contributed by atoms with E-state index >= 15 is 0 Å². The molecule has 0 aliphatic carbocycles. The van der Waals surface area contributed by atoms with Gasteiger partial charge in [-0.3, -0.25) is 0 Å². The normalized spacial score (nSPS) is 12.3. The number of hydrogen-bond donors (Lipinski definition) is 1. The van der Waals surface area contributed by atoms with Crippen molar-refractivity contribution in [1.29, 1.82) is 0 Å². The van der Waals surface area contributed by atoms with Crippen molar-refractivity contribution < 1.29 is 9.90 Å². The first-order valence-electron chi connectivity index (χ1n) is 10.2. The summed E-state index contributed by atoms with van der Waals surface area (Å²) in [6.45, 7) is 8.69. The molecule has 1 atom stereocenters. The van der Waals surface area contributed by atoms with Gasteiger partial charge in [-0.1, -0.05) is 63.2 Å². The lowest BCUT2D eigenvalue weighted by atomic mass is 9.98. The zero-order valence-corrected chi connectivity index (χ0v) is 17.6. The fourth-order valence-electron chi connectivity index (χ4n) is 3.41. The topological polar surface area (TPSA) is 68.0 Å². The molecule has 0 fully saturated rings. The molecule has 1 N–H and O–H groups in total. The highest BCUT2D eigenvalue weighted by Gasteiger charge is 2.16. The molecule has 3 aromatic rings. The number of nitrogens with zero attached hydrogens (tertiary/aromatic N) is 3. The molecule has 3 rings (SSSR count). The fourth-order valence-corrected chi connectivity index (χ4v) is 3.41. The molecule has 5 heteroatoms. The SMILES string of the molecule is CCC(C)n1nc(CC(C)C)nc1Cc1ccc(-c2ccccc2C(=O)O)cc1. The first kappa shape index (κ1) is 20.8. The summed E-state index contributed by atoms with van der Waals surface area (Å²) < 4.78 is 2.06. The Morgan fingerprint density at radius 1 is 1.07 bits per heavy atom. The predicted octanol–water partition coefficient (Wildman–Crippen LogP) is 5.40. The van der Waals surface area contributed by atoms with Gasteiger partial charge in [0.15, 0.2) is 5.82 Å². The van der Waals surface area contributed by atoms with Crippen LogP contribution in [0.1, 0.15) is 67.7 Å². The van der Waals surface area contributed by atoms with E-state index in [4.69, 9.17) is 10.1 Å². The highest BCUT2D eigenvalue weighted by Crippen LogP contribution is 2.25. The molecule has 1 unspecified atom stereocenters. The Balaban J connectivity index is 1.87. The molecule has 1 heterocycles. The van der Waals surface area contributed by atoms with Gasteiger partial charge in [0.2, 0.25) is 0 Å². The van der Waals surface area contributed by atoms with Crippen LogP contribution >= 0.6 is 0 Å². The minimum atomic E-state index is -0.913. The molecule has 0 saturated carbocycles. The highest BCUT2D eigenvalue weighted by atomic mass is 16.4. The van der Waals surface area contributed by atoms with Crippen LogP contribution in [0.25, 0.3) is 11.1 Å². The molecule has 0 radical (unpaired) electrons. The third-order valence-electron chi connectivity index (χ3n) is 5.13. The first-order chi connectivity index (χ1) is 13.9. The van der Waals surface area contributed by atoms with Crippen LogP contribution in [0.5, 0.6) is 0 Å². The Labute approximate surface area is 172 Å². The van der Waals surface area contributed by atoms with Crippen LogP contribution in [-0.2, 0) is 12.8 Å². The zero-order chi connectivity index (χ0) is 21.0. The number of hydrogen-bond acceptors (Lipinski definition) is 3. The monoisotopic (exact) mass is 391 g/mol. The first-order valence-corrected chi connectivity index (χ1v) is 10.2. The van der Waals surface area contributed by atoms with Crippen molar-refractivity contribution in [3.8, 4) is 11.1 Å². The van der Waals surface area contributed by atoms with Crippen LogP contribution in [0, 0.1) is 5.92 Å². The summed E-state index contributed by atoms with van der Waals surface area (Å²) in [4.78, 5) is 16.3. The molecule has 152 valence electrons. The third kappa shape index (κ3) is 4.91. The maximum Gasteiger partial charge on any atom is 0.336 e. The van der Waals surface area contributed by atoms with E-state index in [0.717, 1.165) is 41.2 Å². The van der Waals surface area contributed by atoms with Crippen molar-refractivity contribution in [3.05, 3.63) is 71.3 Å². The molecular formula is C24H29N3O2. The number of rotatable bonds is 8. The van der Waals surface area contributed by atoms with E-state index in [1.807, 2.05) is 36.4 Å². The molecule has 0 aliphatic rings. The number of carboxylic acids is 1. The molecule has 0 bridgehead atoms. The van der Waals surface area contributed by atoms with Crippen LogP contribution in [0.15, 0.2) is 48.5 Å². The second-order valence-electron chi connectivity index (χ2n) is 7.97. The number of aromatic nitrogens is 3. The van der Waals surface area contributed by atoms with E-state index in [-0.39, 0.29) is 0 Å². The zero-order valence-electron chi connectivity index (χ0n) is 17.6. The van der Waals surface area contributed by atoms with Gasteiger partial charge in [0.25, 0.3) is 0 Å². The van der Waals surface area contributed by atoms with Gasteiger partial charge in [-0.25, -0.2) is 14.5 Å². The van der Waals surface area contributed by atoms with Gasteiger partial charge in [-0.2, -0.15) is 5.10 Å². The Hall–Kier alpha value is -2.95. The smallest absolute Gasteiger partial charge is 0.336 e. The van der Waals surface area contributed by atoms with E-state index in [0.29, 0.717) is 23.9 Å². The Morgan fingerprint density at radius 3 is 2.38 bits per heavy atom. The van der Waals surface area contributed by atoms with E-state index in [1.54, 1.807) is 12.1 Å². The van der Waals surface area contributed by atoms with Crippen molar-refractivity contribution in [2.75, 3.05) is 0 Å². The summed E-state index contributed by atoms with van der Waals surface area (Å²) in [5, 5.41) is 14.2. The van der Waals surface area contributed by atoms with Crippen molar-refractivity contribution in [1.82, 2.24) is 14.8 Å². The maximum absolute atomic E-state index is 11.5.